The van der Waals surface area contributed by atoms with Crippen molar-refractivity contribution in [1.82, 2.24) is 4.90 Å². The standard InChI is InChI=1S/C29H45NO6/c1-5-28(32)36-27-21-29(33)35-23(3)12-16-30(17-13-24-9-7-6-8-10-24)15-11-22(2)19-25(14-18-31)20-26(27)34-4/h6-10,18,22-23,25-27H,5,11-17,19-21H2,1-4H3. The zero-order valence-electron chi connectivity index (χ0n) is 22.5. The Kier molecular flexibility index (Phi) is 13.7. The van der Waals surface area contributed by atoms with Crippen LogP contribution >= 0.6 is 0 Å². The van der Waals surface area contributed by atoms with Gasteiger partial charge in [0, 0.05) is 33.0 Å². The van der Waals surface area contributed by atoms with Gasteiger partial charge in [0.1, 0.15) is 18.5 Å². The van der Waals surface area contributed by atoms with E-state index in [0.29, 0.717) is 18.8 Å². The number of carbonyl (C=O) groups is 3. The summed E-state index contributed by atoms with van der Waals surface area (Å²) in [7, 11) is 1.56. The molecular weight excluding hydrogens is 458 g/mol. The van der Waals surface area contributed by atoms with Gasteiger partial charge in [0.2, 0.25) is 0 Å². The van der Waals surface area contributed by atoms with Crippen LogP contribution in [0.25, 0.3) is 0 Å². The Morgan fingerprint density at radius 1 is 1.11 bits per heavy atom. The third-order valence-corrected chi connectivity index (χ3v) is 7.07. The van der Waals surface area contributed by atoms with Crippen LogP contribution < -0.4 is 0 Å². The number of hydrogen-bond donors (Lipinski definition) is 0. The number of aldehydes is 1. The Balaban J connectivity index is 2.17. The van der Waals surface area contributed by atoms with Gasteiger partial charge in [0.05, 0.1) is 12.5 Å². The molecule has 1 fully saturated rings. The number of methoxy groups -OCH3 is 1. The first kappa shape index (κ1) is 30.0. The first-order valence-corrected chi connectivity index (χ1v) is 13.5. The number of benzene rings is 1. The molecule has 5 unspecified atom stereocenters. The van der Waals surface area contributed by atoms with Crippen LogP contribution in [0.1, 0.15) is 71.3 Å². The van der Waals surface area contributed by atoms with Crippen LogP contribution in [0.4, 0.5) is 0 Å². The summed E-state index contributed by atoms with van der Waals surface area (Å²) in [5.41, 5.74) is 1.31. The topological polar surface area (TPSA) is 82.1 Å². The zero-order chi connectivity index (χ0) is 26.3. The fourth-order valence-electron chi connectivity index (χ4n) is 4.87. The van der Waals surface area contributed by atoms with E-state index in [9.17, 15) is 14.4 Å². The van der Waals surface area contributed by atoms with Gasteiger partial charge in [0.15, 0.2) is 0 Å². The summed E-state index contributed by atoms with van der Waals surface area (Å²) in [4.78, 5) is 38.8. The molecule has 1 aliphatic heterocycles. The number of carbonyl (C=O) groups excluding carboxylic acids is 3. The van der Waals surface area contributed by atoms with Crippen LogP contribution in [0, 0.1) is 11.8 Å². The number of ether oxygens (including phenoxy) is 3. The van der Waals surface area contributed by atoms with Crippen LogP contribution in [0.5, 0.6) is 0 Å². The maximum absolute atomic E-state index is 12.8. The molecule has 36 heavy (non-hydrogen) atoms. The van der Waals surface area contributed by atoms with Crippen molar-refractivity contribution in [3.63, 3.8) is 0 Å². The summed E-state index contributed by atoms with van der Waals surface area (Å²) in [6.45, 7) is 8.59. The molecule has 2 rings (SSSR count). The van der Waals surface area contributed by atoms with E-state index in [1.165, 1.54) is 5.56 Å². The molecule has 202 valence electrons. The van der Waals surface area contributed by atoms with Crippen molar-refractivity contribution in [3.05, 3.63) is 35.9 Å². The highest BCUT2D eigenvalue weighted by molar-refractivity contribution is 5.72. The minimum atomic E-state index is -0.737. The molecule has 0 N–H and O–H groups in total. The van der Waals surface area contributed by atoms with Crippen molar-refractivity contribution in [1.29, 1.82) is 0 Å². The second-order valence-corrected chi connectivity index (χ2v) is 10.2. The Bertz CT molecular complexity index is 785. The number of cyclic esters (lactones) is 1. The van der Waals surface area contributed by atoms with Gasteiger partial charge in [-0.1, -0.05) is 44.2 Å². The highest BCUT2D eigenvalue weighted by Gasteiger charge is 2.31. The second-order valence-electron chi connectivity index (χ2n) is 10.2. The first-order chi connectivity index (χ1) is 17.3. The van der Waals surface area contributed by atoms with E-state index >= 15 is 0 Å². The molecule has 1 heterocycles. The Labute approximate surface area is 216 Å². The monoisotopic (exact) mass is 503 g/mol. The molecule has 0 radical (unpaired) electrons. The molecule has 0 aliphatic carbocycles. The van der Waals surface area contributed by atoms with E-state index in [2.05, 4.69) is 36.1 Å². The maximum Gasteiger partial charge on any atom is 0.309 e. The van der Waals surface area contributed by atoms with Gasteiger partial charge in [-0.25, -0.2) is 0 Å². The van der Waals surface area contributed by atoms with Crippen LogP contribution in [0.15, 0.2) is 30.3 Å². The van der Waals surface area contributed by atoms with Gasteiger partial charge in [0.25, 0.3) is 0 Å². The average molecular weight is 504 g/mol. The smallest absolute Gasteiger partial charge is 0.309 e. The van der Waals surface area contributed by atoms with Crippen molar-refractivity contribution in [2.45, 2.75) is 90.4 Å². The summed E-state index contributed by atoms with van der Waals surface area (Å²) >= 11 is 0. The van der Waals surface area contributed by atoms with Crippen molar-refractivity contribution < 1.29 is 28.6 Å². The zero-order valence-corrected chi connectivity index (χ0v) is 22.5. The third-order valence-electron chi connectivity index (χ3n) is 7.07. The predicted molar refractivity (Wildman–Crippen MR) is 140 cm³/mol. The van der Waals surface area contributed by atoms with Crippen molar-refractivity contribution >= 4 is 18.2 Å². The Morgan fingerprint density at radius 2 is 1.83 bits per heavy atom. The van der Waals surface area contributed by atoms with E-state index in [0.717, 1.165) is 51.6 Å². The van der Waals surface area contributed by atoms with Crippen LogP contribution in [-0.4, -0.2) is 68.2 Å². The number of esters is 2. The van der Waals surface area contributed by atoms with Crippen molar-refractivity contribution in [2.24, 2.45) is 11.8 Å². The van der Waals surface area contributed by atoms with E-state index < -0.39 is 18.2 Å². The lowest BCUT2D eigenvalue weighted by Gasteiger charge is -2.29. The summed E-state index contributed by atoms with van der Waals surface area (Å²) in [6.07, 6.45) is 4.20. The highest BCUT2D eigenvalue weighted by atomic mass is 16.6. The Hall–Kier alpha value is -2.25. The molecule has 1 aromatic carbocycles. The minimum absolute atomic E-state index is 0.0599. The van der Waals surface area contributed by atoms with E-state index in [-0.39, 0.29) is 30.8 Å². The lowest BCUT2D eigenvalue weighted by molar-refractivity contribution is -0.165. The molecule has 0 aromatic heterocycles. The molecule has 0 bridgehead atoms. The highest BCUT2D eigenvalue weighted by Crippen LogP contribution is 2.27. The SMILES string of the molecule is CCC(=O)OC1CC(=O)OC(C)CCN(CCc2ccccc2)CCC(C)CC(CC=O)CC1OC. The molecule has 0 amide bonds. The van der Waals surface area contributed by atoms with E-state index in [1.54, 1.807) is 14.0 Å². The van der Waals surface area contributed by atoms with Crippen molar-refractivity contribution in [3.8, 4) is 0 Å². The molecule has 1 saturated heterocycles. The van der Waals surface area contributed by atoms with Crippen molar-refractivity contribution in [2.75, 3.05) is 26.7 Å². The molecular formula is C29H45NO6. The summed E-state index contributed by atoms with van der Waals surface area (Å²) in [6, 6.07) is 10.5. The maximum atomic E-state index is 12.8. The molecule has 7 heteroatoms. The van der Waals surface area contributed by atoms with Gasteiger partial charge in [-0.3, -0.25) is 9.59 Å². The quantitative estimate of drug-likeness (QED) is 0.379. The molecule has 0 saturated carbocycles. The minimum Gasteiger partial charge on any atom is -0.463 e. The molecule has 1 aliphatic rings. The number of nitrogens with zero attached hydrogens (tertiary/aromatic N) is 1. The van der Waals surface area contributed by atoms with Crippen LogP contribution in [0.3, 0.4) is 0 Å². The largest absolute Gasteiger partial charge is 0.463 e. The fourth-order valence-corrected chi connectivity index (χ4v) is 4.87. The normalized spacial score (nSPS) is 27.3. The summed E-state index contributed by atoms with van der Waals surface area (Å²) in [5.74, 6) is -0.272. The summed E-state index contributed by atoms with van der Waals surface area (Å²) < 4.78 is 17.0. The van der Waals surface area contributed by atoms with E-state index in [4.69, 9.17) is 14.2 Å². The molecule has 0 spiro atoms. The van der Waals surface area contributed by atoms with Gasteiger partial charge in [-0.05, 0) is 63.0 Å². The Morgan fingerprint density at radius 3 is 2.50 bits per heavy atom. The average Bonchev–Trinajstić information content (AvgIpc) is 2.86. The van der Waals surface area contributed by atoms with Gasteiger partial charge in [-0.15, -0.1) is 0 Å². The van der Waals surface area contributed by atoms with Gasteiger partial charge in [-0.2, -0.15) is 0 Å². The molecule has 7 nitrogen and oxygen atoms in total. The lowest BCUT2D eigenvalue weighted by Crippen LogP contribution is -2.37. The van der Waals surface area contributed by atoms with Crippen LogP contribution in [-0.2, 0) is 35.0 Å². The predicted octanol–water partition coefficient (Wildman–Crippen LogP) is 4.61. The van der Waals surface area contributed by atoms with E-state index in [1.807, 2.05) is 13.0 Å². The lowest BCUT2D eigenvalue weighted by atomic mass is 9.86. The molecule has 1 aromatic rings. The van der Waals surface area contributed by atoms with Gasteiger partial charge < -0.3 is 23.9 Å². The second kappa shape index (κ2) is 16.5. The van der Waals surface area contributed by atoms with Gasteiger partial charge >= 0.3 is 11.9 Å². The number of hydrogen-bond acceptors (Lipinski definition) is 7. The summed E-state index contributed by atoms with van der Waals surface area (Å²) in [5, 5.41) is 0. The van der Waals surface area contributed by atoms with Crippen LogP contribution in [0.2, 0.25) is 0 Å². The fraction of sp³-hybridized carbons (Fsp3) is 0.690. The molecule has 5 atom stereocenters. The number of rotatable bonds is 8. The first-order valence-electron chi connectivity index (χ1n) is 13.5. The third kappa shape index (κ3) is 11.2.